The molecule has 1 aliphatic carbocycles. The molecular formula is C31H29ClN7NaO12S3. The maximum Gasteiger partial charge on any atom is 1.00 e. The fourth-order valence-corrected chi connectivity index (χ4v) is 8.05. The number of anilines is 3. The predicted octanol–water partition coefficient (Wildman–Crippen LogP) is 0.338. The average Bonchev–Trinajstić information content (AvgIpc) is 3.07. The van der Waals surface area contributed by atoms with Crippen LogP contribution in [0.25, 0.3) is 22.2 Å². The molecule has 0 saturated heterocycles. The van der Waals surface area contributed by atoms with Gasteiger partial charge in [-0.3, -0.25) is 19.0 Å². The molecule has 1 aromatic heterocycles. The monoisotopic (exact) mass is 845 g/mol. The first kappa shape index (κ1) is 43.6. The van der Waals surface area contributed by atoms with Gasteiger partial charge in [0.05, 0.1) is 47.2 Å². The number of hydrazone groups is 1. The molecule has 0 spiro atoms. The molecule has 5 rings (SSSR count). The van der Waals surface area contributed by atoms with Crippen LogP contribution in [0.2, 0.25) is 5.28 Å². The molecule has 1 aliphatic rings. The number of halogens is 1. The van der Waals surface area contributed by atoms with E-state index in [1.165, 1.54) is 44.4 Å². The number of hydrogen-bond acceptors (Lipinski definition) is 17. The number of amides is 1. The van der Waals surface area contributed by atoms with Gasteiger partial charge in [-0.25, -0.2) is 21.8 Å². The second-order valence-electron chi connectivity index (χ2n) is 11.4. The van der Waals surface area contributed by atoms with E-state index in [1.54, 1.807) is 24.3 Å². The number of rotatable bonds is 12. The van der Waals surface area contributed by atoms with Crippen LogP contribution in [-0.2, 0) is 39.3 Å². The molecule has 286 valence electrons. The first-order valence-electron chi connectivity index (χ1n) is 15.3. The third kappa shape index (κ3) is 10.8. The molecule has 55 heavy (non-hydrogen) atoms. The Balaban J connectivity index is 0.00000673. The minimum absolute atomic E-state index is 0. The number of aliphatic imine (C=N–C) groups is 1. The number of sulfone groups is 1. The summed E-state index contributed by atoms with van der Waals surface area (Å²) >= 11 is 6.33. The van der Waals surface area contributed by atoms with Crippen molar-refractivity contribution >= 4 is 87.4 Å². The van der Waals surface area contributed by atoms with E-state index >= 15 is 0 Å². The minimum atomic E-state index is -5.10. The number of fused-ring (bicyclic) bond motifs is 1. The van der Waals surface area contributed by atoms with Crippen LogP contribution in [0.1, 0.15) is 18.9 Å². The van der Waals surface area contributed by atoms with E-state index in [-0.39, 0.29) is 97.8 Å². The molecule has 0 saturated carbocycles. The first-order chi connectivity index (χ1) is 25.3. The smallest absolute Gasteiger partial charge is 0.726 e. The summed E-state index contributed by atoms with van der Waals surface area (Å²) in [6, 6.07) is 10.7. The summed E-state index contributed by atoms with van der Waals surface area (Å²) in [4.78, 5) is 27.8. The van der Waals surface area contributed by atoms with Gasteiger partial charge in [-0.2, -0.15) is 28.5 Å². The van der Waals surface area contributed by atoms with Crippen molar-refractivity contribution in [1.82, 2.24) is 15.0 Å². The molecule has 19 nitrogen and oxygen atoms in total. The molecular weight excluding hydrogens is 817 g/mol. The van der Waals surface area contributed by atoms with Crippen LogP contribution in [0.4, 0.5) is 17.3 Å². The van der Waals surface area contributed by atoms with Gasteiger partial charge in [0.1, 0.15) is 16.7 Å². The first-order valence-corrected chi connectivity index (χ1v) is 20.1. The number of carbonyl (C=O) groups excluding carboxylic acids is 1. The van der Waals surface area contributed by atoms with Gasteiger partial charge in [0.25, 0.3) is 10.1 Å². The zero-order valence-electron chi connectivity index (χ0n) is 29.2. The molecule has 1 unspecified atom stereocenters. The van der Waals surface area contributed by atoms with Gasteiger partial charge in [0, 0.05) is 30.4 Å². The molecule has 0 aliphatic heterocycles. The van der Waals surface area contributed by atoms with Gasteiger partial charge >= 0.3 is 29.6 Å². The van der Waals surface area contributed by atoms with Crippen LogP contribution in [-0.4, -0.2) is 96.5 Å². The molecule has 4 N–H and O–H groups in total. The Kier molecular flexibility index (Phi) is 13.8. The Hall–Kier alpha value is -4.10. The van der Waals surface area contributed by atoms with E-state index in [0.717, 1.165) is 6.92 Å². The van der Waals surface area contributed by atoms with Crippen LogP contribution < -0.4 is 45.0 Å². The number of carbonyl (C=O) groups is 1. The number of ether oxygens (including phenoxy) is 1. The van der Waals surface area contributed by atoms with E-state index in [0.29, 0.717) is 16.3 Å². The summed E-state index contributed by atoms with van der Waals surface area (Å²) < 4.78 is 101. The van der Waals surface area contributed by atoms with Crippen LogP contribution in [0, 0.1) is 6.92 Å². The predicted molar refractivity (Wildman–Crippen MR) is 196 cm³/mol. The third-order valence-corrected chi connectivity index (χ3v) is 11.2. The van der Waals surface area contributed by atoms with Crippen molar-refractivity contribution in [3.63, 3.8) is 0 Å². The maximum atomic E-state index is 12.9. The van der Waals surface area contributed by atoms with E-state index in [4.69, 9.17) is 16.3 Å². The van der Waals surface area contributed by atoms with Crippen molar-refractivity contribution in [1.29, 1.82) is 0 Å². The SMILES string of the molecule is COc1cc(S(=O)(=O)CCOS(=O)(=O)[O-])c(C)cc1Nc1nc(Cl)nc(-c2cc(NN=C3C=CC(=NC(C)=O)C(S(=O)(=O)O)C3)c(O)c3ccccc23)n1.[Na+]. The summed E-state index contributed by atoms with van der Waals surface area (Å²) in [5, 5.41) is 17.3. The molecule has 1 heterocycles. The molecule has 0 fully saturated rings. The van der Waals surface area contributed by atoms with Crippen molar-refractivity contribution in [2.75, 3.05) is 30.2 Å². The number of aromatic hydroxyl groups is 1. The molecule has 24 heteroatoms. The molecule has 3 aromatic carbocycles. The molecule has 1 amide bonds. The summed E-state index contributed by atoms with van der Waals surface area (Å²) in [6.07, 6.45) is 2.29. The normalized spacial score (nSPS) is 16.2. The zero-order valence-corrected chi connectivity index (χ0v) is 34.4. The standard InChI is InChI=1S/C31H30ClN7O12S3.Na/c1-16-12-23(25(50-3)15-26(16)52(42,43)11-10-51-54(47,48)49)34-31-36-29(35-30(32)37-31)21-14-24(28(41)20-7-5-4-6-19(20)21)39-38-18-8-9-22(33-17(2)40)27(13-18)53(44,45)46;/h4-9,12,14-15,27,39,41H,10-11,13H2,1-3H3,(H,44,45,46)(H,47,48,49)(H,34,35,36,37);/q;+1/p-1. The molecule has 0 bridgehead atoms. The van der Waals surface area contributed by atoms with E-state index in [1.807, 2.05) is 0 Å². The third-order valence-electron chi connectivity index (χ3n) is 7.66. The summed E-state index contributed by atoms with van der Waals surface area (Å²) in [5.41, 5.74) is 3.46. The maximum absolute atomic E-state index is 12.9. The van der Waals surface area contributed by atoms with Crippen molar-refractivity contribution in [2.45, 2.75) is 30.4 Å². The number of benzene rings is 3. The number of phenols is 1. The molecule has 1 atom stereocenters. The number of aromatic nitrogens is 3. The minimum Gasteiger partial charge on any atom is -0.726 e. The van der Waals surface area contributed by atoms with Gasteiger partial charge in [-0.1, -0.05) is 24.3 Å². The number of nitrogens with one attached hydrogen (secondary N) is 2. The fraction of sp³-hybridized carbons (Fsp3) is 0.226. The number of aryl methyl sites for hydroxylation is 1. The Morgan fingerprint density at radius 1 is 1.04 bits per heavy atom. The van der Waals surface area contributed by atoms with Crippen LogP contribution >= 0.6 is 11.6 Å². The second-order valence-corrected chi connectivity index (χ2v) is 16.5. The van der Waals surface area contributed by atoms with Crippen LogP contribution in [0.3, 0.4) is 0 Å². The Morgan fingerprint density at radius 2 is 1.73 bits per heavy atom. The number of nitrogens with zero attached hydrogens (tertiary/aromatic N) is 5. The van der Waals surface area contributed by atoms with E-state index in [2.05, 4.69) is 40.0 Å². The Morgan fingerprint density at radius 3 is 2.36 bits per heavy atom. The topological polar surface area (TPSA) is 289 Å². The number of methoxy groups -OCH3 is 1. The van der Waals surface area contributed by atoms with Crippen molar-refractivity contribution in [2.24, 2.45) is 10.1 Å². The van der Waals surface area contributed by atoms with Crippen molar-refractivity contribution in [3.05, 3.63) is 65.5 Å². The Bertz CT molecular complexity index is 2610. The fourth-order valence-electron chi connectivity index (χ4n) is 5.32. The average molecular weight is 846 g/mol. The quantitative estimate of drug-likeness (QED) is 0.0491. The van der Waals surface area contributed by atoms with E-state index in [9.17, 15) is 44.3 Å². The van der Waals surface area contributed by atoms with Crippen LogP contribution in [0.5, 0.6) is 11.5 Å². The van der Waals surface area contributed by atoms with Gasteiger partial charge in [-0.05, 0) is 53.8 Å². The summed E-state index contributed by atoms with van der Waals surface area (Å²) in [5.74, 6) is -1.78. The van der Waals surface area contributed by atoms with Gasteiger partial charge in [-0.15, -0.1) is 0 Å². The second kappa shape index (κ2) is 17.4. The number of hydrogen-bond donors (Lipinski definition) is 4. The number of phenolic OH excluding ortho intramolecular Hbond substituents is 1. The Labute approximate surface area is 341 Å². The zero-order chi connectivity index (χ0) is 39.6. The molecule has 4 aromatic rings. The van der Waals surface area contributed by atoms with Gasteiger partial charge in [0.15, 0.2) is 15.7 Å². The molecule has 0 radical (unpaired) electrons. The number of allylic oxidation sites excluding steroid dienone is 2. The summed E-state index contributed by atoms with van der Waals surface area (Å²) in [7, 11) is -12.6. The van der Waals surface area contributed by atoms with Crippen molar-refractivity contribution < 1.29 is 82.7 Å². The van der Waals surface area contributed by atoms with Gasteiger partial charge < -0.3 is 19.7 Å². The summed E-state index contributed by atoms with van der Waals surface area (Å²) in [6.45, 7) is 1.72. The van der Waals surface area contributed by atoms with E-state index < -0.39 is 53.9 Å². The van der Waals surface area contributed by atoms with Crippen molar-refractivity contribution in [3.8, 4) is 22.9 Å². The van der Waals surface area contributed by atoms with Gasteiger partial charge in [0.2, 0.25) is 27.5 Å². The van der Waals surface area contributed by atoms with Crippen LogP contribution in [0.15, 0.2) is 69.6 Å². The largest absolute Gasteiger partial charge is 1.00 e.